The highest BCUT2D eigenvalue weighted by Gasteiger charge is 2.01. The summed E-state index contributed by atoms with van der Waals surface area (Å²) >= 11 is 0. The molecule has 0 fully saturated rings. The molecular formula is C17H24N2O3. The third kappa shape index (κ3) is 8.28. The molecular weight excluding hydrogens is 280 g/mol. The number of unbranched alkanes of at least 4 members (excludes halogenated alkanes) is 1. The molecule has 0 saturated carbocycles. The van der Waals surface area contributed by atoms with Gasteiger partial charge in [0.05, 0.1) is 11.4 Å². The maximum atomic E-state index is 10.00. The second-order valence-electron chi connectivity index (χ2n) is 4.98. The molecule has 0 spiro atoms. The summed E-state index contributed by atoms with van der Waals surface area (Å²) in [5.74, 6) is 0.560. The van der Waals surface area contributed by atoms with E-state index in [1.807, 2.05) is 0 Å². The van der Waals surface area contributed by atoms with Crippen LogP contribution in [0.5, 0.6) is 0 Å². The van der Waals surface area contributed by atoms with Crippen molar-refractivity contribution in [3.8, 4) is 0 Å². The van der Waals surface area contributed by atoms with Crippen molar-refractivity contribution in [3.05, 3.63) is 23.8 Å². The van der Waals surface area contributed by atoms with E-state index in [2.05, 4.69) is 23.8 Å². The molecule has 0 heterocycles. The fraction of sp³-hybridized carbons (Fsp3) is 0.529. The van der Waals surface area contributed by atoms with E-state index in [1.54, 1.807) is 19.1 Å². The third-order valence-corrected chi connectivity index (χ3v) is 3.34. The Kier molecular flexibility index (Phi) is 11.5. The van der Waals surface area contributed by atoms with Crippen molar-refractivity contribution in [1.29, 1.82) is 0 Å². The molecule has 0 aliphatic rings. The highest BCUT2D eigenvalue weighted by atomic mass is 16.3. The lowest BCUT2D eigenvalue weighted by Gasteiger charge is -2.08. The number of hydrogen-bond acceptors (Lipinski definition) is 5. The molecule has 1 aromatic rings. The normalized spacial score (nSPS) is 10.5. The Morgan fingerprint density at radius 2 is 1.86 bits per heavy atom. The quantitative estimate of drug-likeness (QED) is 0.607. The van der Waals surface area contributed by atoms with E-state index in [1.165, 1.54) is 37.5 Å². The minimum atomic E-state index is 0.372. The Labute approximate surface area is 131 Å². The number of isocyanates is 2. The number of hydrogen-bond donors (Lipinski definition) is 1. The first-order valence-electron chi connectivity index (χ1n) is 7.50. The fourth-order valence-electron chi connectivity index (χ4n) is 1.81. The van der Waals surface area contributed by atoms with Crippen LogP contribution in [-0.2, 0) is 9.59 Å². The van der Waals surface area contributed by atoms with Crippen LogP contribution in [0.15, 0.2) is 28.2 Å². The van der Waals surface area contributed by atoms with Gasteiger partial charge < -0.3 is 5.11 Å². The van der Waals surface area contributed by atoms with E-state index in [9.17, 15) is 9.59 Å². The Hall–Kier alpha value is -2.06. The number of aryl methyl sites for hydroxylation is 1. The summed E-state index contributed by atoms with van der Waals surface area (Å²) in [6.07, 6.45) is 7.67. The molecule has 1 aromatic carbocycles. The molecule has 5 heteroatoms. The number of benzene rings is 1. The summed E-state index contributed by atoms with van der Waals surface area (Å²) < 4.78 is 0. The fourth-order valence-corrected chi connectivity index (χ4v) is 1.81. The van der Waals surface area contributed by atoms with E-state index in [0.29, 0.717) is 23.9 Å². The molecule has 120 valence electrons. The highest BCUT2D eigenvalue weighted by molar-refractivity contribution is 5.61. The molecule has 1 atom stereocenters. The molecule has 0 aliphatic carbocycles. The van der Waals surface area contributed by atoms with Gasteiger partial charge in [0.25, 0.3) is 0 Å². The number of rotatable bonds is 7. The summed E-state index contributed by atoms with van der Waals surface area (Å²) in [5.41, 5.74) is 1.72. The molecule has 1 rings (SSSR count). The van der Waals surface area contributed by atoms with Crippen molar-refractivity contribution in [1.82, 2.24) is 0 Å². The average Bonchev–Trinajstić information content (AvgIpc) is 2.53. The number of nitrogens with zero attached hydrogens (tertiary/aromatic N) is 2. The van der Waals surface area contributed by atoms with Crippen molar-refractivity contribution < 1.29 is 14.7 Å². The summed E-state index contributed by atoms with van der Waals surface area (Å²) in [6, 6.07) is 4.88. The van der Waals surface area contributed by atoms with Crippen LogP contribution < -0.4 is 0 Å². The molecule has 0 amide bonds. The van der Waals surface area contributed by atoms with Crippen molar-refractivity contribution in [2.24, 2.45) is 15.9 Å². The van der Waals surface area contributed by atoms with Gasteiger partial charge in [0.15, 0.2) is 0 Å². The Morgan fingerprint density at radius 1 is 1.18 bits per heavy atom. The van der Waals surface area contributed by atoms with Crippen LogP contribution in [0.2, 0.25) is 0 Å². The minimum Gasteiger partial charge on any atom is -0.396 e. The highest BCUT2D eigenvalue weighted by Crippen LogP contribution is 2.23. The number of aliphatic imine (C=N–C) groups is 2. The van der Waals surface area contributed by atoms with Gasteiger partial charge in [-0.3, -0.25) is 0 Å². The van der Waals surface area contributed by atoms with Crippen molar-refractivity contribution >= 4 is 23.5 Å². The lowest BCUT2D eigenvalue weighted by atomic mass is 10.0. The summed E-state index contributed by atoms with van der Waals surface area (Å²) in [4.78, 5) is 26.8. The van der Waals surface area contributed by atoms with Crippen molar-refractivity contribution in [2.45, 2.75) is 46.5 Å². The van der Waals surface area contributed by atoms with Crippen LogP contribution in [0, 0.1) is 12.8 Å². The van der Waals surface area contributed by atoms with Gasteiger partial charge in [0.2, 0.25) is 12.2 Å². The van der Waals surface area contributed by atoms with Crippen LogP contribution in [0.4, 0.5) is 11.4 Å². The predicted molar refractivity (Wildman–Crippen MR) is 87.1 cm³/mol. The Bertz CT molecular complexity index is 527. The first-order chi connectivity index (χ1) is 10.6. The van der Waals surface area contributed by atoms with E-state index in [-0.39, 0.29) is 0 Å². The van der Waals surface area contributed by atoms with E-state index in [0.717, 1.165) is 12.0 Å². The van der Waals surface area contributed by atoms with Crippen LogP contribution >= 0.6 is 0 Å². The van der Waals surface area contributed by atoms with Crippen LogP contribution in [-0.4, -0.2) is 23.9 Å². The molecule has 0 aromatic heterocycles. The van der Waals surface area contributed by atoms with Crippen LogP contribution in [0.3, 0.4) is 0 Å². The second-order valence-corrected chi connectivity index (χ2v) is 4.98. The molecule has 0 radical (unpaired) electrons. The maximum Gasteiger partial charge on any atom is 0.240 e. The molecule has 1 N–H and O–H groups in total. The van der Waals surface area contributed by atoms with E-state index in [4.69, 9.17) is 5.11 Å². The lowest BCUT2D eigenvalue weighted by Crippen LogP contribution is -2.03. The SMILES string of the molecule is CCCCC(CC)CO.Cc1ccc(N=C=O)cc1N=C=O. The second kappa shape index (κ2) is 12.7. The van der Waals surface area contributed by atoms with Gasteiger partial charge in [0.1, 0.15) is 0 Å². The van der Waals surface area contributed by atoms with E-state index >= 15 is 0 Å². The number of aliphatic hydroxyl groups is 1. The zero-order valence-corrected chi connectivity index (χ0v) is 13.5. The van der Waals surface area contributed by atoms with Gasteiger partial charge in [-0.2, -0.15) is 9.98 Å². The summed E-state index contributed by atoms with van der Waals surface area (Å²) in [5, 5.41) is 8.75. The van der Waals surface area contributed by atoms with Crippen molar-refractivity contribution in [3.63, 3.8) is 0 Å². The predicted octanol–water partition coefficient (Wildman–Crippen LogP) is 4.12. The zero-order valence-electron chi connectivity index (χ0n) is 13.5. The molecule has 0 saturated heterocycles. The van der Waals surface area contributed by atoms with Gasteiger partial charge in [0, 0.05) is 6.61 Å². The molecule has 0 bridgehead atoms. The first kappa shape index (κ1) is 19.9. The minimum absolute atomic E-state index is 0.372. The molecule has 1 unspecified atom stereocenters. The Morgan fingerprint density at radius 3 is 2.36 bits per heavy atom. The third-order valence-electron chi connectivity index (χ3n) is 3.34. The molecule has 0 aliphatic heterocycles. The first-order valence-corrected chi connectivity index (χ1v) is 7.50. The number of carbonyl (C=O) groups excluding carboxylic acids is 2. The van der Waals surface area contributed by atoms with Crippen LogP contribution in [0.25, 0.3) is 0 Å². The maximum absolute atomic E-state index is 10.00. The average molecular weight is 304 g/mol. The van der Waals surface area contributed by atoms with Crippen molar-refractivity contribution in [2.75, 3.05) is 6.61 Å². The topological polar surface area (TPSA) is 79.1 Å². The molecule has 22 heavy (non-hydrogen) atoms. The van der Waals surface area contributed by atoms with Gasteiger partial charge in [-0.1, -0.05) is 39.2 Å². The molecule has 5 nitrogen and oxygen atoms in total. The largest absolute Gasteiger partial charge is 0.396 e. The number of aliphatic hydroxyl groups excluding tert-OH is 1. The van der Waals surface area contributed by atoms with Crippen LogP contribution in [0.1, 0.15) is 45.1 Å². The smallest absolute Gasteiger partial charge is 0.240 e. The summed E-state index contributed by atoms with van der Waals surface area (Å²) in [6.45, 7) is 6.49. The van der Waals surface area contributed by atoms with Gasteiger partial charge in [-0.15, -0.1) is 0 Å². The van der Waals surface area contributed by atoms with E-state index < -0.39 is 0 Å². The standard InChI is InChI=1S/C9H6N2O2.C8H18O/c1-7-2-3-8(10-5-12)4-9(7)11-6-13;1-3-5-6-8(4-2)7-9/h2-4H,1H3;8-9H,3-7H2,1-2H3. The lowest BCUT2D eigenvalue weighted by molar-refractivity contribution is 0.212. The monoisotopic (exact) mass is 304 g/mol. The zero-order chi connectivity index (χ0) is 16.8. The van der Waals surface area contributed by atoms with Gasteiger partial charge in [-0.25, -0.2) is 9.59 Å². The van der Waals surface area contributed by atoms with Gasteiger partial charge >= 0.3 is 0 Å². The summed E-state index contributed by atoms with van der Waals surface area (Å²) in [7, 11) is 0. The van der Waals surface area contributed by atoms with Gasteiger partial charge in [-0.05, 0) is 37.0 Å². The Balaban J connectivity index is 0.000000433.